The summed E-state index contributed by atoms with van der Waals surface area (Å²) in [6.45, 7) is 0.879. The molecule has 2 heterocycles. The van der Waals surface area contributed by atoms with E-state index in [2.05, 4.69) is 5.10 Å². The molecule has 1 aromatic heterocycles. The van der Waals surface area contributed by atoms with Crippen LogP contribution in [0.5, 0.6) is 0 Å². The topological polar surface area (TPSA) is 27.1 Å². The molecule has 1 fully saturated rings. The summed E-state index contributed by atoms with van der Waals surface area (Å²) in [5.41, 5.74) is 0. The Hall–Kier alpha value is -0.830. The molecule has 0 N–H and O–H groups in total. The van der Waals surface area contributed by atoms with Crippen LogP contribution in [0.15, 0.2) is 18.5 Å². The lowest BCUT2D eigenvalue weighted by Gasteiger charge is -2.22. The van der Waals surface area contributed by atoms with Gasteiger partial charge >= 0.3 is 0 Å². The second-order valence-electron chi connectivity index (χ2n) is 2.81. The van der Waals surface area contributed by atoms with Crippen molar-refractivity contribution in [1.29, 1.82) is 0 Å². The highest BCUT2D eigenvalue weighted by Gasteiger charge is 2.14. The van der Waals surface area contributed by atoms with E-state index in [4.69, 9.17) is 4.74 Å². The van der Waals surface area contributed by atoms with Crippen LogP contribution < -0.4 is 0 Å². The summed E-state index contributed by atoms with van der Waals surface area (Å²) in [6, 6.07) is 1.93. The fourth-order valence-electron chi connectivity index (χ4n) is 1.38. The zero-order valence-corrected chi connectivity index (χ0v) is 6.44. The lowest BCUT2D eigenvalue weighted by Crippen LogP contribution is -2.18. The Morgan fingerprint density at radius 2 is 2.45 bits per heavy atom. The molecule has 0 bridgehead atoms. The second-order valence-corrected chi connectivity index (χ2v) is 2.81. The van der Waals surface area contributed by atoms with E-state index in [0.29, 0.717) is 0 Å². The maximum Gasteiger partial charge on any atom is 0.150 e. The minimum atomic E-state index is 0.193. The van der Waals surface area contributed by atoms with Gasteiger partial charge in [0.2, 0.25) is 0 Å². The van der Waals surface area contributed by atoms with Gasteiger partial charge in [-0.05, 0) is 25.3 Å². The average Bonchev–Trinajstić information content (AvgIpc) is 2.58. The first kappa shape index (κ1) is 6.85. The van der Waals surface area contributed by atoms with E-state index in [0.717, 1.165) is 13.0 Å². The maximum absolute atomic E-state index is 5.52. The third kappa shape index (κ3) is 1.43. The van der Waals surface area contributed by atoms with Crippen LogP contribution in [0.25, 0.3) is 0 Å². The molecule has 11 heavy (non-hydrogen) atoms. The largest absolute Gasteiger partial charge is 0.357 e. The van der Waals surface area contributed by atoms with E-state index in [1.807, 2.05) is 16.9 Å². The van der Waals surface area contributed by atoms with Gasteiger partial charge in [0.1, 0.15) is 6.23 Å². The Balaban J connectivity index is 2.04. The molecule has 60 valence electrons. The molecule has 0 saturated carbocycles. The fourth-order valence-corrected chi connectivity index (χ4v) is 1.38. The summed E-state index contributed by atoms with van der Waals surface area (Å²) in [7, 11) is 0. The minimum absolute atomic E-state index is 0.193. The van der Waals surface area contributed by atoms with Crippen molar-refractivity contribution in [2.75, 3.05) is 6.61 Å². The van der Waals surface area contributed by atoms with Gasteiger partial charge in [0.05, 0.1) is 0 Å². The van der Waals surface area contributed by atoms with E-state index >= 15 is 0 Å². The predicted molar refractivity (Wildman–Crippen MR) is 41.1 cm³/mol. The van der Waals surface area contributed by atoms with E-state index < -0.39 is 0 Å². The molecule has 0 radical (unpaired) electrons. The van der Waals surface area contributed by atoms with Crippen LogP contribution >= 0.6 is 0 Å². The molecule has 3 nitrogen and oxygen atoms in total. The van der Waals surface area contributed by atoms with Gasteiger partial charge in [-0.2, -0.15) is 5.10 Å². The van der Waals surface area contributed by atoms with Crippen molar-refractivity contribution in [1.82, 2.24) is 9.78 Å². The third-order valence-electron chi connectivity index (χ3n) is 1.98. The van der Waals surface area contributed by atoms with Crippen LogP contribution in [-0.4, -0.2) is 16.4 Å². The number of nitrogens with zero attached hydrogens (tertiary/aromatic N) is 2. The molecule has 0 aromatic carbocycles. The van der Waals surface area contributed by atoms with Crippen molar-refractivity contribution in [3.8, 4) is 0 Å². The van der Waals surface area contributed by atoms with Gasteiger partial charge in [-0.15, -0.1) is 0 Å². The van der Waals surface area contributed by atoms with Crippen LogP contribution in [0.2, 0.25) is 0 Å². The monoisotopic (exact) mass is 152 g/mol. The summed E-state index contributed by atoms with van der Waals surface area (Å²) in [5, 5.41) is 4.13. The summed E-state index contributed by atoms with van der Waals surface area (Å²) < 4.78 is 7.41. The summed E-state index contributed by atoms with van der Waals surface area (Å²) in [4.78, 5) is 0. The van der Waals surface area contributed by atoms with Gasteiger partial charge in [-0.3, -0.25) is 0 Å². The van der Waals surface area contributed by atoms with Crippen LogP contribution in [0.1, 0.15) is 25.5 Å². The zero-order chi connectivity index (χ0) is 7.52. The van der Waals surface area contributed by atoms with Crippen molar-refractivity contribution >= 4 is 0 Å². The Morgan fingerprint density at radius 1 is 1.45 bits per heavy atom. The van der Waals surface area contributed by atoms with Crippen LogP contribution in [0.3, 0.4) is 0 Å². The van der Waals surface area contributed by atoms with Gasteiger partial charge in [0.25, 0.3) is 0 Å². The second kappa shape index (κ2) is 3.05. The first-order chi connectivity index (χ1) is 5.47. The Kier molecular flexibility index (Phi) is 1.90. The molecule has 0 spiro atoms. The van der Waals surface area contributed by atoms with Crippen molar-refractivity contribution in [3.63, 3.8) is 0 Å². The summed E-state index contributed by atoms with van der Waals surface area (Å²) in [6.07, 6.45) is 7.48. The molecule has 0 amide bonds. The third-order valence-corrected chi connectivity index (χ3v) is 1.98. The molecule has 1 aliphatic rings. The molecule has 1 atom stereocenters. The quantitative estimate of drug-likeness (QED) is 0.611. The van der Waals surface area contributed by atoms with Crippen molar-refractivity contribution in [2.24, 2.45) is 0 Å². The van der Waals surface area contributed by atoms with Crippen molar-refractivity contribution in [3.05, 3.63) is 18.5 Å². The molecule has 1 aromatic rings. The Labute approximate surface area is 66.0 Å². The molecular formula is C8H12N2O. The lowest BCUT2D eigenvalue weighted by atomic mass is 10.2. The van der Waals surface area contributed by atoms with Gasteiger partial charge in [0.15, 0.2) is 0 Å². The molecule has 3 heteroatoms. The van der Waals surface area contributed by atoms with Crippen molar-refractivity contribution < 1.29 is 4.74 Å². The smallest absolute Gasteiger partial charge is 0.150 e. The summed E-state index contributed by atoms with van der Waals surface area (Å²) >= 11 is 0. The fraction of sp³-hybridized carbons (Fsp3) is 0.625. The first-order valence-corrected chi connectivity index (χ1v) is 4.07. The molecule has 2 rings (SSSR count). The highest BCUT2D eigenvalue weighted by molar-refractivity contribution is 4.79. The van der Waals surface area contributed by atoms with Crippen molar-refractivity contribution in [2.45, 2.75) is 25.5 Å². The van der Waals surface area contributed by atoms with E-state index in [1.54, 1.807) is 6.20 Å². The van der Waals surface area contributed by atoms with Crippen LogP contribution in [0, 0.1) is 0 Å². The average molecular weight is 152 g/mol. The molecule has 1 aliphatic heterocycles. The molecule has 0 aliphatic carbocycles. The Bertz CT molecular complexity index is 202. The standard InChI is InChI=1S/C8H12N2O/c1-2-7-11-8(4-1)10-6-3-5-9-10/h3,5-6,8H,1-2,4,7H2/t8-/m1/s1. The summed E-state index contributed by atoms with van der Waals surface area (Å²) in [5.74, 6) is 0. The maximum atomic E-state index is 5.52. The van der Waals surface area contributed by atoms with Crippen LogP contribution in [-0.2, 0) is 4.74 Å². The lowest BCUT2D eigenvalue weighted by molar-refractivity contribution is -0.0394. The predicted octanol–water partition coefficient (Wildman–Crippen LogP) is 1.58. The zero-order valence-electron chi connectivity index (χ0n) is 6.44. The Morgan fingerprint density at radius 3 is 3.09 bits per heavy atom. The van der Waals surface area contributed by atoms with Gasteiger partial charge in [-0.1, -0.05) is 0 Å². The van der Waals surface area contributed by atoms with Gasteiger partial charge in [-0.25, -0.2) is 4.68 Å². The highest BCUT2D eigenvalue weighted by atomic mass is 16.5. The molecule has 0 unspecified atom stereocenters. The number of aromatic nitrogens is 2. The molecule has 1 saturated heterocycles. The van der Waals surface area contributed by atoms with E-state index in [1.165, 1.54) is 12.8 Å². The molecular weight excluding hydrogens is 140 g/mol. The minimum Gasteiger partial charge on any atom is -0.357 e. The number of rotatable bonds is 1. The normalized spacial score (nSPS) is 25.3. The van der Waals surface area contributed by atoms with Gasteiger partial charge < -0.3 is 4.74 Å². The van der Waals surface area contributed by atoms with Gasteiger partial charge in [0, 0.05) is 19.0 Å². The highest BCUT2D eigenvalue weighted by Crippen LogP contribution is 2.20. The number of ether oxygens (including phenoxy) is 1. The SMILES string of the molecule is c1cnn([C@H]2CCCCO2)c1. The number of hydrogen-bond donors (Lipinski definition) is 0. The number of hydrogen-bond acceptors (Lipinski definition) is 2. The van der Waals surface area contributed by atoms with Crippen LogP contribution in [0.4, 0.5) is 0 Å². The van der Waals surface area contributed by atoms with E-state index in [-0.39, 0.29) is 6.23 Å². The first-order valence-electron chi connectivity index (χ1n) is 4.07. The van der Waals surface area contributed by atoms with E-state index in [9.17, 15) is 0 Å².